The lowest BCUT2D eigenvalue weighted by molar-refractivity contribution is 0.668. The highest BCUT2D eigenvalue weighted by atomic mass is 16.3. The van der Waals surface area contributed by atoms with Gasteiger partial charge in [0, 0.05) is 38.2 Å². The molecule has 11 rings (SSSR count). The summed E-state index contributed by atoms with van der Waals surface area (Å²) in [6.45, 7) is 0. The molecule has 0 atom stereocenters. The summed E-state index contributed by atoms with van der Waals surface area (Å²) < 4.78 is 12.4. The molecule has 3 heterocycles. The van der Waals surface area contributed by atoms with Crippen molar-refractivity contribution < 1.29 is 8.83 Å². The number of aromatic nitrogens is 3. The number of rotatable bonds is 4. The fraction of sp³-hybridized carbons (Fsp3) is 0. The van der Waals surface area contributed by atoms with Crippen LogP contribution >= 0.6 is 0 Å². The van der Waals surface area contributed by atoms with Crippen LogP contribution in [0.15, 0.2) is 173 Å². The van der Waals surface area contributed by atoms with Crippen molar-refractivity contribution in [2.75, 3.05) is 0 Å². The molecular formula is C47H27N3O2. The van der Waals surface area contributed by atoms with Crippen molar-refractivity contribution in [2.24, 2.45) is 0 Å². The van der Waals surface area contributed by atoms with Crippen molar-refractivity contribution in [3.8, 4) is 45.3 Å². The van der Waals surface area contributed by atoms with Crippen LogP contribution in [-0.4, -0.2) is 15.0 Å². The number of hydrogen-bond acceptors (Lipinski definition) is 5. The van der Waals surface area contributed by atoms with E-state index in [2.05, 4.69) is 121 Å². The van der Waals surface area contributed by atoms with E-state index in [1.165, 1.54) is 16.2 Å². The van der Waals surface area contributed by atoms with Gasteiger partial charge < -0.3 is 8.83 Å². The Morgan fingerprint density at radius 1 is 0.308 bits per heavy atom. The van der Waals surface area contributed by atoms with Gasteiger partial charge in [-0.1, -0.05) is 133 Å². The van der Waals surface area contributed by atoms with Gasteiger partial charge >= 0.3 is 0 Å². The first kappa shape index (κ1) is 28.7. The molecule has 5 nitrogen and oxygen atoms in total. The third-order valence-corrected chi connectivity index (χ3v) is 10.1. The fourth-order valence-corrected chi connectivity index (χ4v) is 7.68. The summed E-state index contributed by atoms with van der Waals surface area (Å²) in [6.07, 6.45) is 0. The molecule has 8 aromatic carbocycles. The molecule has 5 heteroatoms. The lowest BCUT2D eigenvalue weighted by atomic mass is 9.95. The van der Waals surface area contributed by atoms with Crippen LogP contribution in [-0.2, 0) is 0 Å². The number of fused-ring (bicyclic) bond motifs is 9. The van der Waals surface area contributed by atoms with Crippen molar-refractivity contribution >= 4 is 65.4 Å². The molecule has 242 valence electrons. The smallest absolute Gasteiger partial charge is 0.164 e. The minimum Gasteiger partial charge on any atom is -0.456 e. The Bertz CT molecular complexity index is 3190. The Morgan fingerprint density at radius 3 is 1.67 bits per heavy atom. The average molecular weight is 666 g/mol. The van der Waals surface area contributed by atoms with Crippen molar-refractivity contribution in [1.29, 1.82) is 0 Å². The van der Waals surface area contributed by atoms with Crippen LogP contribution in [0.25, 0.3) is 111 Å². The standard InChI is InChI=1S/C47H27N3O2/c1-2-10-31-27-32(24-19-28(31)9-1)46-48-45(49-47(50-46)38-15-8-18-41-44(38)37-12-4-6-17-40(37)51-41)30-22-20-29(21-23-30)33-13-7-14-35-34(33)25-26-42-43(35)36-11-3-5-16-39(36)52-42/h1-27H. The van der Waals surface area contributed by atoms with Crippen molar-refractivity contribution in [3.05, 3.63) is 164 Å². The molecule has 0 saturated carbocycles. The highest BCUT2D eigenvalue weighted by molar-refractivity contribution is 6.21. The van der Waals surface area contributed by atoms with E-state index in [9.17, 15) is 0 Å². The maximum Gasteiger partial charge on any atom is 0.164 e. The topological polar surface area (TPSA) is 65.0 Å². The quantitative estimate of drug-likeness (QED) is 0.187. The molecule has 0 aliphatic rings. The molecule has 11 aromatic rings. The van der Waals surface area contributed by atoms with Crippen LogP contribution in [0, 0.1) is 0 Å². The van der Waals surface area contributed by atoms with Gasteiger partial charge in [0.15, 0.2) is 17.5 Å². The van der Waals surface area contributed by atoms with Crippen LogP contribution < -0.4 is 0 Å². The third-order valence-electron chi connectivity index (χ3n) is 10.1. The lowest BCUT2D eigenvalue weighted by Crippen LogP contribution is -2.00. The Balaban J connectivity index is 1.07. The minimum atomic E-state index is 0.597. The Morgan fingerprint density at radius 2 is 0.865 bits per heavy atom. The number of para-hydroxylation sites is 2. The largest absolute Gasteiger partial charge is 0.456 e. The van der Waals surface area contributed by atoms with Crippen LogP contribution in [0.3, 0.4) is 0 Å². The maximum atomic E-state index is 6.24. The van der Waals surface area contributed by atoms with Gasteiger partial charge in [-0.05, 0) is 63.0 Å². The zero-order chi connectivity index (χ0) is 34.2. The molecule has 0 saturated heterocycles. The molecule has 3 aromatic heterocycles. The molecule has 0 amide bonds. The van der Waals surface area contributed by atoms with Gasteiger partial charge in [0.1, 0.15) is 22.3 Å². The summed E-state index contributed by atoms with van der Waals surface area (Å²) in [5.41, 5.74) is 8.43. The predicted octanol–water partition coefficient (Wildman–Crippen LogP) is 12.6. The molecule has 52 heavy (non-hydrogen) atoms. The molecule has 0 unspecified atom stereocenters. The van der Waals surface area contributed by atoms with Gasteiger partial charge in [-0.3, -0.25) is 0 Å². The van der Waals surface area contributed by atoms with Crippen LogP contribution in [0.2, 0.25) is 0 Å². The van der Waals surface area contributed by atoms with Crippen molar-refractivity contribution in [1.82, 2.24) is 15.0 Å². The second kappa shape index (κ2) is 11.2. The van der Waals surface area contributed by atoms with E-state index in [1.54, 1.807) is 0 Å². The highest BCUT2D eigenvalue weighted by Crippen LogP contribution is 2.40. The molecule has 0 N–H and O–H groups in total. The second-order valence-corrected chi connectivity index (χ2v) is 13.2. The van der Waals surface area contributed by atoms with Gasteiger partial charge in [0.25, 0.3) is 0 Å². The first-order valence-corrected chi connectivity index (χ1v) is 17.3. The molecular weight excluding hydrogens is 639 g/mol. The van der Waals surface area contributed by atoms with Gasteiger partial charge in [0.05, 0.1) is 0 Å². The molecule has 0 fully saturated rings. The van der Waals surface area contributed by atoms with Gasteiger partial charge in [-0.15, -0.1) is 0 Å². The van der Waals surface area contributed by atoms with E-state index in [0.29, 0.717) is 17.5 Å². The molecule has 0 radical (unpaired) electrons. The number of furan rings is 2. The van der Waals surface area contributed by atoms with Gasteiger partial charge in [-0.2, -0.15) is 0 Å². The summed E-state index contributed by atoms with van der Waals surface area (Å²) in [7, 11) is 0. The molecule has 0 aliphatic heterocycles. The van der Waals surface area contributed by atoms with E-state index in [4.69, 9.17) is 23.8 Å². The average Bonchev–Trinajstić information content (AvgIpc) is 3.79. The van der Waals surface area contributed by atoms with Crippen LogP contribution in [0.5, 0.6) is 0 Å². The van der Waals surface area contributed by atoms with Crippen LogP contribution in [0.1, 0.15) is 0 Å². The van der Waals surface area contributed by atoms with Crippen molar-refractivity contribution in [3.63, 3.8) is 0 Å². The second-order valence-electron chi connectivity index (χ2n) is 13.2. The number of hydrogen-bond donors (Lipinski definition) is 0. The fourth-order valence-electron chi connectivity index (χ4n) is 7.68. The Kier molecular flexibility index (Phi) is 6.18. The van der Waals surface area contributed by atoms with E-state index in [-0.39, 0.29) is 0 Å². The summed E-state index contributed by atoms with van der Waals surface area (Å²) in [5.74, 6) is 1.82. The lowest BCUT2D eigenvalue weighted by Gasteiger charge is -2.11. The maximum absolute atomic E-state index is 6.24. The summed E-state index contributed by atoms with van der Waals surface area (Å²) in [4.78, 5) is 15.3. The van der Waals surface area contributed by atoms with Gasteiger partial charge in [0.2, 0.25) is 0 Å². The molecule has 0 aliphatic carbocycles. The molecule has 0 bridgehead atoms. The number of benzene rings is 8. The highest BCUT2D eigenvalue weighted by Gasteiger charge is 2.18. The van der Waals surface area contributed by atoms with E-state index in [0.717, 1.165) is 77.1 Å². The van der Waals surface area contributed by atoms with E-state index >= 15 is 0 Å². The summed E-state index contributed by atoms with van der Waals surface area (Å²) in [5, 5.41) is 8.94. The Hall–Kier alpha value is -7.11. The minimum absolute atomic E-state index is 0.597. The summed E-state index contributed by atoms with van der Waals surface area (Å²) in [6, 6.07) is 56.4. The predicted molar refractivity (Wildman–Crippen MR) is 211 cm³/mol. The molecule has 0 spiro atoms. The first-order valence-electron chi connectivity index (χ1n) is 17.3. The van der Waals surface area contributed by atoms with E-state index < -0.39 is 0 Å². The van der Waals surface area contributed by atoms with E-state index in [1.807, 2.05) is 42.5 Å². The zero-order valence-corrected chi connectivity index (χ0v) is 27.7. The Labute approximate surface area is 297 Å². The summed E-state index contributed by atoms with van der Waals surface area (Å²) >= 11 is 0. The van der Waals surface area contributed by atoms with Crippen molar-refractivity contribution in [2.45, 2.75) is 0 Å². The monoisotopic (exact) mass is 665 g/mol. The van der Waals surface area contributed by atoms with Crippen LogP contribution in [0.4, 0.5) is 0 Å². The third kappa shape index (κ3) is 4.46. The normalized spacial score (nSPS) is 11.8. The zero-order valence-electron chi connectivity index (χ0n) is 27.7. The van der Waals surface area contributed by atoms with Gasteiger partial charge in [-0.25, -0.2) is 15.0 Å². The number of nitrogens with zero attached hydrogens (tertiary/aromatic N) is 3. The first-order chi connectivity index (χ1) is 25.7. The SMILES string of the molecule is c1ccc2cc(-c3nc(-c4ccc(-c5cccc6c5ccc5oc7ccccc7c56)cc4)nc(-c4cccc5oc6ccccc6c45)n3)ccc2c1.